The summed E-state index contributed by atoms with van der Waals surface area (Å²) in [5.74, 6) is -1.17. The molecule has 3 aromatic rings. The van der Waals surface area contributed by atoms with Crippen LogP contribution in [0.1, 0.15) is 10.4 Å². The van der Waals surface area contributed by atoms with Gasteiger partial charge in [0.15, 0.2) is 5.15 Å². The molecule has 1 aromatic carbocycles. The quantitative estimate of drug-likeness (QED) is 0.286. The van der Waals surface area contributed by atoms with Crippen LogP contribution in [-0.4, -0.2) is 30.7 Å². The maximum absolute atomic E-state index is 12.2. The Kier molecular flexibility index (Phi) is 5.93. The Morgan fingerprint density at radius 2 is 1.67 bits per heavy atom. The molecule has 0 aliphatic rings. The highest BCUT2D eigenvalue weighted by molar-refractivity contribution is 6.32. The van der Waals surface area contributed by atoms with E-state index in [0.29, 0.717) is 0 Å². The van der Waals surface area contributed by atoms with Gasteiger partial charge in [-0.15, -0.1) is 0 Å². The fourth-order valence-corrected chi connectivity index (χ4v) is 2.43. The number of non-ortho nitro benzene ring substituents is 1. The smallest absolute Gasteiger partial charge is 0.332 e. The molecule has 0 aliphatic heterocycles. The minimum absolute atomic E-state index is 0.0754. The summed E-state index contributed by atoms with van der Waals surface area (Å²) in [6.07, 6.45) is 2.49. The summed E-state index contributed by atoms with van der Waals surface area (Å²) in [6.45, 7) is 0. The fourth-order valence-electron chi connectivity index (χ4n) is 2.26. The first kappa shape index (κ1) is 20.3. The molecule has 0 aliphatic carbocycles. The molecular formula is C16H11ClN8O5. The summed E-state index contributed by atoms with van der Waals surface area (Å²) in [5.41, 5.74) is 4.23. The molecule has 14 heteroatoms. The van der Waals surface area contributed by atoms with Gasteiger partial charge >= 0.3 is 5.69 Å². The van der Waals surface area contributed by atoms with Crippen molar-refractivity contribution in [2.75, 3.05) is 10.7 Å². The van der Waals surface area contributed by atoms with E-state index in [-0.39, 0.29) is 33.7 Å². The molecule has 0 fully saturated rings. The van der Waals surface area contributed by atoms with Crippen LogP contribution in [0.3, 0.4) is 0 Å². The van der Waals surface area contributed by atoms with Crippen molar-refractivity contribution in [3.05, 3.63) is 79.9 Å². The number of nitrogens with zero attached hydrogens (tertiary/aromatic N) is 5. The monoisotopic (exact) mass is 430 g/mol. The van der Waals surface area contributed by atoms with E-state index in [1.54, 1.807) is 12.1 Å². The zero-order valence-corrected chi connectivity index (χ0v) is 15.5. The van der Waals surface area contributed by atoms with Gasteiger partial charge < -0.3 is 5.32 Å². The molecule has 3 rings (SSSR count). The number of carbonyl (C=O) groups is 1. The first-order valence-electron chi connectivity index (χ1n) is 8.04. The number of carbonyl (C=O) groups excluding carboxylic acids is 1. The van der Waals surface area contributed by atoms with E-state index in [1.807, 2.05) is 0 Å². The molecule has 0 unspecified atom stereocenters. The Balaban J connectivity index is 1.80. The second-order valence-electron chi connectivity index (χ2n) is 5.53. The molecule has 0 radical (unpaired) electrons. The lowest BCUT2D eigenvalue weighted by molar-refractivity contribution is -0.384. The van der Waals surface area contributed by atoms with Gasteiger partial charge in [0.25, 0.3) is 11.6 Å². The van der Waals surface area contributed by atoms with Gasteiger partial charge in [-0.25, -0.2) is 15.0 Å². The number of hydrazine groups is 1. The van der Waals surface area contributed by atoms with Crippen LogP contribution >= 0.6 is 11.6 Å². The Labute approximate surface area is 172 Å². The predicted octanol–water partition coefficient (Wildman–Crippen LogP) is 2.84. The second-order valence-corrected chi connectivity index (χ2v) is 5.88. The summed E-state index contributed by atoms with van der Waals surface area (Å²) >= 11 is 5.95. The van der Waals surface area contributed by atoms with Gasteiger partial charge in [-0.2, -0.15) is 0 Å². The minimum atomic E-state index is -0.743. The molecule has 0 saturated carbocycles. The number of benzene rings is 1. The van der Waals surface area contributed by atoms with Crippen molar-refractivity contribution >= 4 is 46.2 Å². The average molecular weight is 431 g/mol. The number of hydrogen-bond acceptors (Lipinski definition) is 10. The van der Waals surface area contributed by atoms with Gasteiger partial charge in [0, 0.05) is 23.9 Å². The van der Waals surface area contributed by atoms with Crippen molar-refractivity contribution in [3.8, 4) is 0 Å². The molecular weight excluding hydrogens is 420 g/mol. The summed E-state index contributed by atoms with van der Waals surface area (Å²) in [6, 6.07) is 7.90. The Hall–Kier alpha value is -4.39. The van der Waals surface area contributed by atoms with Crippen LogP contribution in [0.2, 0.25) is 5.15 Å². The van der Waals surface area contributed by atoms with Crippen LogP contribution in [0.25, 0.3) is 0 Å². The average Bonchev–Trinajstić information content (AvgIpc) is 2.73. The van der Waals surface area contributed by atoms with E-state index in [9.17, 15) is 25.0 Å². The van der Waals surface area contributed by atoms with E-state index in [4.69, 9.17) is 11.6 Å². The normalized spacial score (nSPS) is 10.2. The third kappa shape index (κ3) is 4.53. The van der Waals surface area contributed by atoms with E-state index in [1.165, 1.54) is 18.3 Å². The highest BCUT2D eigenvalue weighted by atomic mass is 35.5. The van der Waals surface area contributed by atoms with Gasteiger partial charge in [0.2, 0.25) is 11.6 Å². The van der Waals surface area contributed by atoms with E-state index in [0.717, 1.165) is 18.5 Å². The zero-order chi connectivity index (χ0) is 21.7. The number of rotatable bonds is 7. The Bertz CT molecular complexity index is 1120. The van der Waals surface area contributed by atoms with Crippen LogP contribution in [0.4, 0.5) is 28.7 Å². The minimum Gasteiger partial charge on any atom is -0.332 e. The largest absolute Gasteiger partial charge is 0.355 e. The SMILES string of the molecule is O=C(NNc1ncnc(Nc2cccnc2Cl)c1[N+](=O)[O-])c1ccc([N+](=O)[O-])cc1. The molecule has 2 heterocycles. The lowest BCUT2D eigenvalue weighted by Crippen LogP contribution is -2.30. The lowest BCUT2D eigenvalue weighted by Gasteiger charge is -2.11. The number of nitro groups is 2. The Morgan fingerprint density at radius 1 is 0.967 bits per heavy atom. The highest BCUT2D eigenvalue weighted by Crippen LogP contribution is 2.32. The van der Waals surface area contributed by atoms with Gasteiger partial charge in [0.1, 0.15) is 6.33 Å². The number of amides is 1. The zero-order valence-electron chi connectivity index (χ0n) is 14.8. The van der Waals surface area contributed by atoms with Gasteiger partial charge in [0.05, 0.1) is 15.5 Å². The third-order valence-electron chi connectivity index (χ3n) is 3.65. The van der Waals surface area contributed by atoms with Gasteiger partial charge in [-0.1, -0.05) is 11.6 Å². The van der Waals surface area contributed by atoms with Gasteiger partial charge in [-0.05, 0) is 24.3 Å². The number of anilines is 3. The molecule has 13 nitrogen and oxygen atoms in total. The van der Waals surface area contributed by atoms with Crippen molar-refractivity contribution in [1.82, 2.24) is 20.4 Å². The second kappa shape index (κ2) is 8.74. The lowest BCUT2D eigenvalue weighted by atomic mass is 10.2. The molecule has 3 N–H and O–H groups in total. The topological polar surface area (TPSA) is 178 Å². The van der Waals surface area contributed by atoms with Crippen LogP contribution < -0.4 is 16.2 Å². The predicted molar refractivity (Wildman–Crippen MR) is 105 cm³/mol. The molecule has 30 heavy (non-hydrogen) atoms. The van der Waals surface area contributed by atoms with Crippen molar-refractivity contribution in [1.29, 1.82) is 0 Å². The molecule has 2 aromatic heterocycles. The molecule has 152 valence electrons. The summed E-state index contributed by atoms with van der Waals surface area (Å²) in [5, 5.41) is 25.0. The summed E-state index contributed by atoms with van der Waals surface area (Å²) in [7, 11) is 0. The van der Waals surface area contributed by atoms with Crippen LogP contribution in [-0.2, 0) is 0 Å². The standard InChI is InChI=1S/C16H11ClN8O5/c17-13-11(2-1-7-18-13)21-14-12(25(29)30)15(20-8-19-14)22-23-16(26)9-3-5-10(6-4-9)24(27)28/h1-8H,(H,23,26)(H2,19,20,21,22). The number of halogens is 1. The van der Waals surface area contributed by atoms with E-state index in [2.05, 4.69) is 31.1 Å². The highest BCUT2D eigenvalue weighted by Gasteiger charge is 2.24. The maximum atomic E-state index is 12.2. The first-order chi connectivity index (χ1) is 14.4. The van der Waals surface area contributed by atoms with E-state index >= 15 is 0 Å². The number of nitrogens with one attached hydrogen (secondary N) is 3. The molecule has 0 bridgehead atoms. The molecule has 0 spiro atoms. The van der Waals surface area contributed by atoms with Crippen LogP contribution in [0.5, 0.6) is 0 Å². The van der Waals surface area contributed by atoms with Crippen molar-refractivity contribution < 1.29 is 14.6 Å². The van der Waals surface area contributed by atoms with Crippen molar-refractivity contribution in [2.24, 2.45) is 0 Å². The molecule has 0 atom stereocenters. The first-order valence-corrected chi connectivity index (χ1v) is 8.42. The van der Waals surface area contributed by atoms with E-state index < -0.39 is 21.4 Å². The third-order valence-corrected chi connectivity index (χ3v) is 3.95. The van der Waals surface area contributed by atoms with Crippen LogP contribution in [0.15, 0.2) is 48.9 Å². The maximum Gasteiger partial charge on any atom is 0.355 e. The molecule has 0 saturated heterocycles. The summed E-state index contributed by atoms with van der Waals surface area (Å²) in [4.78, 5) is 44.6. The number of aromatic nitrogens is 3. The fraction of sp³-hybridized carbons (Fsp3) is 0. The van der Waals surface area contributed by atoms with Crippen molar-refractivity contribution in [3.63, 3.8) is 0 Å². The number of pyridine rings is 1. The summed E-state index contributed by atoms with van der Waals surface area (Å²) < 4.78 is 0. The van der Waals surface area contributed by atoms with Gasteiger partial charge in [-0.3, -0.25) is 35.9 Å². The van der Waals surface area contributed by atoms with Crippen LogP contribution in [0, 0.1) is 20.2 Å². The molecule has 1 amide bonds. The van der Waals surface area contributed by atoms with Crippen molar-refractivity contribution in [2.45, 2.75) is 0 Å². The Morgan fingerprint density at radius 3 is 2.30 bits per heavy atom. The number of hydrogen-bond donors (Lipinski definition) is 3. The number of nitro benzene ring substituents is 1.